The number of rotatable bonds is 3. The molecule has 2 unspecified atom stereocenters. The highest BCUT2D eigenvalue weighted by molar-refractivity contribution is 6.08. The molecule has 0 spiro atoms. The first-order valence-corrected chi connectivity index (χ1v) is 10.0. The van der Waals surface area contributed by atoms with Crippen molar-refractivity contribution in [2.45, 2.75) is 30.8 Å². The smallest absolute Gasteiger partial charge is 0.214 e. The minimum Gasteiger partial charge on any atom is -0.376 e. The van der Waals surface area contributed by atoms with Gasteiger partial charge in [0.05, 0.1) is 6.04 Å². The normalized spacial score (nSPS) is 24.2. The van der Waals surface area contributed by atoms with Gasteiger partial charge in [0.25, 0.3) is 0 Å². The van der Waals surface area contributed by atoms with Gasteiger partial charge in [0, 0.05) is 34.4 Å². The van der Waals surface area contributed by atoms with E-state index in [9.17, 15) is 0 Å². The average Bonchev–Trinajstić information content (AvgIpc) is 2.77. The number of ether oxygens (including phenoxy) is 3. The molecule has 3 aromatic carbocycles. The van der Waals surface area contributed by atoms with Crippen LogP contribution in [-0.4, -0.2) is 51.2 Å². The average molecular weight is 377 g/mol. The van der Waals surface area contributed by atoms with Crippen LogP contribution in [0.15, 0.2) is 48.5 Å². The Morgan fingerprint density at radius 1 is 0.857 bits per heavy atom. The van der Waals surface area contributed by atoms with Gasteiger partial charge in [-0.3, -0.25) is 4.90 Å². The standard InChI is InChI=1S/C24H27NO3/c1-26-22-13-15-25-14-12-20-19-9-8-16-6-4-5-7-17(16)18(19)10-11-21(20)23(25)24(22,27-2)28-3/h4-11,22-23H,12-15H2,1-3H3. The number of hydrogen-bond acceptors (Lipinski definition) is 4. The van der Waals surface area contributed by atoms with Crippen LogP contribution in [0.5, 0.6) is 0 Å². The minimum absolute atomic E-state index is 0.0285. The SMILES string of the molecule is COC1CCN2CCc3c(ccc4c3ccc3ccccc34)C2C1(OC)OC. The fourth-order valence-electron chi connectivity index (χ4n) is 5.51. The van der Waals surface area contributed by atoms with Crippen LogP contribution in [0.25, 0.3) is 21.5 Å². The van der Waals surface area contributed by atoms with Gasteiger partial charge in [-0.1, -0.05) is 48.5 Å². The molecule has 0 aliphatic carbocycles. The summed E-state index contributed by atoms with van der Waals surface area (Å²) in [5.74, 6) is -0.799. The molecular formula is C24H27NO3. The molecule has 2 atom stereocenters. The number of fused-ring (bicyclic) bond motifs is 7. The van der Waals surface area contributed by atoms with E-state index in [-0.39, 0.29) is 12.1 Å². The van der Waals surface area contributed by atoms with E-state index in [4.69, 9.17) is 14.2 Å². The second-order valence-corrected chi connectivity index (χ2v) is 7.85. The van der Waals surface area contributed by atoms with Crippen molar-refractivity contribution in [2.75, 3.05) is 34.4 Å². The number of hydrogen-bond donors (Lipinski definition) is 0. The molecule has 0 bridgehead atoms. The molecule has 4 nitrogen and oxygen atoms in total. The van der Waals surface area contributed by atoms with Gasteiger partial charge in [0.15, 0.2) is 0 Å². The first kappa shape index (κ1) is 18.1. The second kappa shape index (κ2) is 6.82. The van der Waals surface area contributed by atoms with Crippen molar-refractivity contribution in [1.29, 1.82) is 0 Å². The minimum atomic E-state index is -0.799. The zero-order valence-corrected chi connectivity index (χ0v) is 16.8. The fraction of sp³-hybridized carbons (Fsp3) is 0.417. The van der Waals surface area contributed by atoms with Crippen LogP contribution in [-0.2, 0) is 20.6 Å². The summed E-state index contributed by atoms with van der Waals surface area (Å²) in [6, 6.07) is 17.7. The van der Waals surface area contributed by atoms with E-state index < -0.39 is 5.79 Å². The number of piperidine rings is 1. The highest BCUT2D eigenvalue weighted by Crippen LogP contribution is 2.48. The summed E-state index contributed by atoms with van der Waals surface area (Å²) in [6.07, 6.45) is 1.85. The van der Waals surface area contributed by atoms with Crippen molar-refractivity contribution in [2.24, 2.45) is 0 Å². The van der Waals surface area contributed by atoms with Crippen LogP contribution in [0.4, 0.5) is 0 Å². The van der Waals surface area contributed by atoms with E-state index in [1.54, 1.807) is 21.3 Å². The summed E-state index contributed by atoms with van der Waals surface area (Å²) in [5.41, 5.74) is 2.72. The summed E-state index contributed by atoms with van der Waals surface area (Å²) in [7, 11) is 5.23. The number of methoxy groups -OCH3 is 3. The van der Waals surface area contributed by atoms with Gasteiger partial charge in [-0.15, -0.1) is 0 Å². The van der Waals surface area contributed by atoms with Crippen molar-refractivity contribution in [3.05, 3.63) is 59.7 Å². The molecule has 5 rings (SSSR count). The molecule has 0 aromatic heterocycles. The maximum absolute atomic E-state index is 6.05. The Labute approximate surface area is 166 Å². The monoisotopic (exact) mass is 377 g/mol. The maximum Gasteiger partial charge on any atom is 0.214 e. The van der Waals surface area contributed by atoms with E-state index in [2.05, 4.69) is 53.4 Å². The molecule has 2 aliphatic heterocycles. The Morgan fingerprint density at radius 3 is 2.43 bits per heavy atom. The summed E-state index contributed by atoms with van der Waals surface area (Å²) < 4.78 is 17.9. The first-order valence-electron chi connectivity index (χ1n) is 10.0. The molecule has 1 fully saturated rings. The Morgan fingerprint density at radius 2 is 1.64 bits per heavy atom. The second-order valence-electron chi connectivity index (χ2n) is 7.85. The van der Waals surface area contributed by atoms with Crippen molar-refractivity contribution in [3.8, 4) is 0 Å². The van der Waals surface area contributed by atoms with Crippen molar-refractivity contribution in [3.63, 3.8) is 0 Å². The predicted octanol–water partition coefficient (Wildman–Crippen LogP) is 4.30. The van der Waals surface area contributed by atoms with E-state index in [0.717, 1.165) is 25.9 Å². The molecule has 1 saturated heterocycles. The van der Waals surface area contributed by atoms with Gasteiger partial charge < -0.3 is 14.2 Å². The quantitative estimate of drug-likeness (QED) is 0.503. The van der Waals surface area contributed by atoms with Gasteiger partial charge in [-0.2, -0.15) is 0 Å². The largest absolute Gasteiger partial charge is 0.376 e. The molecule has 4 heteroatoms. The number of nitrogens with zero attached hydrogens (tertiary/aromatic N) is 1. The van der Waals surface area contributed by atoms with Crippen LogP contribution < -0.4 is 0 Å². The predicted molar refractivity (Wildman–Crippen MR) is 112 cm³/mol. The third-order valence-electron chi connectivity index (χ3n) is 6.81. The number of benzene rings is 3. The zero-order chi connectivity index (χ0) is 19.3. The third kappa shape index (κ3) is 2.39. The van der Waals surface area contributed by atoms with Crippen LogP contribution in [0.2, 0.25) is 0 Å². The summed E-state index contributed by atoms with van der Waals surface area (Å²) >= 11 is 0. The molecule has 0 saturated carbocycles. The van der Waals surface area contributed by atoms with Crippen LogP contribution in [0.1, 0.15) is 23.6 Å². The van der Waals surface area contributed by atoms with Gasteiger partial charge >= 0.3 is 0 Å². The third-order valence-corrected chi connectivity index (χ3v) is 6.81. The van der Waals surface area contributed by atoms with E-state index in [1.807, 2.05) is 0 Å². The Bertz CT molecular complexity index is 1030. The van der Waals surface area contributed by atoms with Gasteiger partial charge in [-0.25, -0.2) is 0 Å². The first-order chi connectivity index (χ1) is 13.7. The highest BCUT2D eigenvalue weighted by Gasteiger charge is 2.55. The Hall–Kier alpha value is -1.98. The molecule has 0 radical (unpaired) electrons. The Kier molecular flexibility index (Phi) is 4.40. The van der Waals surface area contributed by atoms with Crippen LogP contribution >= 0.6 is 0 Å². The van der Waals surface area contributed by atoms with Crippen LogP contribution in [0.3, 0.4) is 0 Å². The van der Waals surface area contributed by atoms with Crippen LogP contribution in [0, 0.1) is 0 Å². The lowest BCUT2D eigenvalue weighted by Gasteiger charge is -2.53. The van der Waals surface area contributed by atoms with Gasteiger partial charge in [-0.05, 0) is 45.5 Å². The molecule has 0 amide bonds. The van der Waals surface area contributed by atoms with Gasteiger partial charge in [0.2, 0.25) is 5.79 Å². The lowest BCUT2D eigenvalue weighted by atomic mass is 9.79. The topological polar surface area (TPSA) is 30.9 Å². The maximum atomic E-state index is 6.05. The molecular weight excluding hydrogens is 350 g/mol. The van der Waals surface area contributed by atoms with E-state index >= 15 is 0 Å². The Balaban J connectivity index is 1.74. The van der Waals surface area contributed by atoms with Crippen molar-refractivity contribution in [1.82, 2.24) is 4.90 Å². The molecule has 3 aromatic rings. The summed E-state index contributed by atoms with van der Waals surface area (Å²) in [4.78, 5) is 2.50. The molecule has 28 heavy (non-hydrogen) atoms. The molecule has 0 N–H and O–H groups in total. The summed E-state index contributed by atoms with van der Waals surface area (Å²) in [5, 5.41) is 5.27. The zero-order valence-electron chi connectivity index (χ0n) is 16.8. The lowest BCUT2D eigenvalue weighted by molar-refractivity contribution is -0.313. The highest BCUT2D eigenvalue weighted by atomic mass is 16.7. The van der Waals surface area contributed by atoms with Gasteiger partial charge in [0.1, 0.15) is 6.10 Å². The molecule has 2 aliphatic rings. The van der Waals surface area contributed by atoms with Crippen molar-refractivity contribution >= 4 is 21.5 Å². The molecule has 2 heterocycles. The van der Waals surface area contributed by atoms with Crippen molar-refractivity contribution < 1.29 is 14.2 Å². The fourth-order valence-corrected chi connectivity index (χ4v) is 5.51. The van der Waals surface area contributed by atoms with E-state index in [1.165, 1.54) is 32.7 Å². The lowest BCUT2D eigenvalue weighted by Crippen LogP contribution is -2.62. The molecule has 146 valence electrons. The summed E-state index contributed by atoms with van der Waals surface area (Å²) in [6.45, 7) is 2.00. The van der Waals surface area contributed by atoms with E-state index in [0.29, 0.717) is 0 Å².